The molecule has 3 aromatic carbocycles. The van der Waals surface area contributed by atoms with Gasteiger partial charge in [-0.15, -0.1) is 0 Å². The topological polar surface area (TPSA) is 76.1 Å². The predicted molar refractivity (Wildman–Crippen MR) is 128 cm³/mol. The van der Waals surface area contributed by atoms with Crippen LogP contribution in [0.15, 0.2) is 78.4 Å². The number of hydrogen-bond acceptors (Lipinski definition) is 5. The van der Waals surface area contributed by atoms with Crippen molar-refractivity contribution in [3.05, 3.63) is 101 Å². The van der Waals surface area contributed by atoms with Crippen molar-refractivity contribution < 1.29 is 24.2 Å². The first-order valence-corrected chi connectivity index (χ1v) is 11.3. The highest BCUT2D eigenvalue weighted by atomic mass is 16.5. The summed E-state index contributed by atoms with van der Waals surface area (Å²) in [5.74, 6) is -0.0426. The highest BCUT2D eigenvalue weighted by molar-refractivity contribution is 6.46. The third kappa shape index (κ3) is 3.92. The number of aliphatic hydroxyl groups is 1. The van der Waals surface area contributed by atoms with Crippen molar-refractivity contribution in [3.63, 3.8) is 0 Å². The minimum atomic E-state index is -0.709. The highest BCUT2D eigenvalue weighted by Crippen LogP contribution is 2.41. The van der Waals surface area contributed by atoms with Crippen LogP contribution in [0.5, 0.6) is 11.5 Å². The Kier molecular flexibility index (Phi) is 5.80. The summed E-state index contributed by atoms with van der Waals surface area (Å²) in [6.07, 6.45) is 1.73. The maximum Gasteiger partial charge on any atom is 0.295 e. The van der Waals surface area contributed by atoms with Gasteiger partial charge in [0, 0.05) is 12.1 Å². The molecule has 34 heavy (non-hydrogen) atoms. The maximum absolute atomic E-state index is 13.3. The smallest absolute Gasteiger partial charge is 0.295 e. The summed E-state index contributed by atoms with van der Waals surface area (Å²) in [6.45, 7) is 0.873. The maximum atomic E-state index is 13.3. The molecule has 5 rings (SSSR count). The number of aryl methyl sites for hydroxylation is 1. The molecule has 1 atom stereocenters. The largest absolute Gasteiger partial charge is 0.507 e. The molecule has 1 saturated heterocycles. The number of likely N-dealkylation sites (tertiary alicyclic amines) is 1. The highest BCUT2D eigenvalue weighted by Gasteiger charge is 2.46. The molecule has 2 aliphatic rings. The van der Waals surface area contributed by atoms with Crippen molar-refractivity contribution in [2.45, 2.75) is 25.4 Å². The molecular weight excluding hydrogens is 430 g/mol. The van der Waals surface area contributed by atoms with E-state index < -0.39 is 17.7 Å². The summed E-state index contributed by atoms with van der Waals surface area (Å²) in [6, 6.07) is 21.4. The molecule has 0 saturated carbocycles. The van der Waals surface area contributed by atoms with Gasteiger partial charge in [-0.3, -0.25) is 9.59 Å². The standard InChI is InChI=1S/C28H25NO5/c1-33-22-11-5-7-18(15-22)17-29-25(19-8-3-2-4-9-19)24(27(31)28(29)32)26(30)21-12-13-23-20(16-21)10-6-14-34-23/h2-5,7-9,11-13,15-16,25,30H,6,10,14,17H2,1H3/b26-24-. The van der Waals surface area contributed by atoms with Crippen molar-refractivity contribution in [3.8, 4) is 11.5 Å². The first kappa shape index (κ1) is 21.8. The van der Waals surface area contributed by atoms with Crippen LogP contribution in [0, 0.1) is 0 Å². The Morgan fingerprint density at radius 2 is 1.88 bits per heavy atom. The number of carbonyl (C=O) groups excluding carboxylic acids is 2. The molecule has 1 N–H and O–H groups in total. The lowest BCUT2D eigenvalue weighted by molar-refractivity contribution is -0.140. The molecule has 0 aliphatic carbocycles. The van der Waals surface area contributed by atoms with Gasteiger partial charge in [0.25, 0.3) is 11.7 Å². The number of nitrogens with zero attached hydrogens (tertiary/aromatic N) is 1. The minimum Gasteiger partial charge on any atom is -0.507 e. The van der Waals surface area contributed by atoms with Crippen LogP contribution in [0.1, 0.15) is 34.7 Å². The van der Waals surface area contributed by atoms with E-state index in [0.717, 1.165) is 35.3 Å². The molecule has 6 nitrogen and oxygen atoms in total. The summed E-state index contributed by atoms with van der Waals surface area (Å²) in [5, 5.41) is 11.3. The van der Waals surface area contributed by atoms with Crippen LogP contribution < -0.4 is 9.47 Å². The average molecular weight is 456 g/mol. The Balaban J connectivity index is 1.60. The molecule has 2 aliphatic heterocycles. The number of methoxy groups -OCH3 is 1. The lowest BCUT2D eigenvalue weighted by Gasteiger charge is -2.25. The van der Waals surface area contributed by atoms with E-state index in [-0.39, 0.29) is 17.9 Å². The van der Waals surface area contributed by atoms with Crippen LogP contribution in [0.2, 0.25) is 0 Å². The monoisotopic (exact) mass is 455 g/mol. The number of Topliss-reactive ketones (excluding diaryl/α,β-unsaturated/α-hetero) is 1. The van der Waals surface area contributed by atoms with E-state index >= 15 is 0 Å². The lowest BCUT2D eigenvalue weighted by Crippen LogP contribution is -2.29. The van der Waals surface area contributed by atoms with Crippen molar-refractivity contribution in [1.82, 2.24) is 4.90 Å². The summed E-state index contributed by atoms with van der Waals surface area (Å²) in [5.41, 5.74) is 3.16. The van der Waals surface area contributed by atoms with Gasteiger partial charge < -0.3 is 19.5 Å². The fraction of sp³-hybridized carbons (Fsp3) is 0.214. The average Bonchev–Trinajstić information content (AvgIpc) is 3.13. The fourth-order valence-corrected chi connectivity index (χ4v) is 4.66. The third-order valence-corrected chi connectivity index (χ3v) is 6.32. The molecule has 6 heteroatoms. The van der Waals surface area contributed by atoms with Crippen LogP contribution in [-0.2, 0) is 22.6 Å². The number of amides is 1. The van der Waals surface area contributed by atoms with Crippen molar-refractivity contribution >= 4 is 17.4 Å². The van der Waals surface area contributed by atoms with Crippen LogP contribution in [-0.4, -0.2) is 35.4 Å². The van der Waals surface area contributed by atoms with Gasteiger partial charge >= 0.3 is 0 Å². The van der Waals surface area contributed by atoms with Gasteiger partial charge in [0.15, 0.2) is 0 Å². The van der Waals surface area contributed by atoms with E-state index in [1.165, 1.54) is 4.90 Å². The van der Waals surface area contributed by atoms with Crippen molar-refractivity contribution in [2.24, 2.45) is 0 Å². The second kappa shape index (κ2) is 9.06. The normalized spacial score (nSPS) is 19.0. The lowest BCUT2D eigenvalue weighted by atomic mass is 9.94. The van der Waals surface area contributed by atoms with E-state index in [1.807, 2.05) is 66.7 Å². The third-order valence-electron chi connectivity index (χ3n) is 6.32. The zero-order chi connectivity index (χ0) is 23.7. The zero-order valence-electron chi connectivity index (χ0n) is 18.9. The SMILES string of the molecule is COc1cccc(CN2C(=O)C(=O)/C(=C(\O)c3ccc4c(c3)CCCO4)C2c2ccccc2)c1. The molecule has 0 radical (unpaired) electrons. The van der Waals surface area contributed by atoms with E-state index in [0.29, 0.717) is 17.9 Å². The number of benzene rings is 3. The van der Waals surface area contributed by atoms with Gasteiger partial charge in [0.1, 0.15) is 17.3 Å². The van der Waals surface area contributed by atoms with Crippen LogP contribution in [0.25, 0.3) is 5.76 Å². The Bertz CT molecular complexity index is 1280. The second-order valence-electron chi connectivity index (χ2n) is 8.46. The molecule has 3 aromatic rings. The Hall–Kier alpha value is -4.06. The van der Waals surface area contributed by atoms with E-state index in [4.69, 9.17) is 9.47 Å². The number of hydrogen-bond donors (Lipinski definition) is 1. The van der Waals surface area contributed by atoms with Gasteiger partial charge in [-0.25, -0.2) is 0 Å². The molecule has 0 bridgehead atoms. The first-order valence-electron chi connectivity index (χ1n) is 11.3. The van der Waals surface area contributed by atoms with E-state index in [9.17, 15) is 14.7 Å². The van der Waals surface area contributed by atoms with Crippen LogP contribution >= 0.6 is 0 Å². The van der Waals surface area contributed by atoms with Crippen molar-refractivity contribution in [1.29, 1.82) is 0 Å². The summed E-state index contributed by atoms with van der Waals surface area (Å²) < 4.78 is 11.0. The molecule has 0 aromatic heterocycles. The summed E-state index contributed by atoms with van der Waals surface area (Å²) in [4.78, 5) is 28.0. The summed E-state index contributed by atoms with van der Waals surface area (Å²) in [7, 11) is 1.58. The number of aliphatic hydroxyl groups excluding tert-OH is 1. The van der Waals surface area contributed by atoms with Gasteiger partial charge in [-0.05, 0) is 59.9 Å². The molecule has 0 spiro atoms. The zero-order valence-corrected chi connectivity index (χ0v) is 18.9. The predicted octanol–water partition coefficient (Wildman–Crippen LogP) is 4.64. The summed E-state index contributed by atoms with van der Waals surface area (Å²) >= 11 is 0. The first-order chi connectivity index (χ1) is 16.6. The molecule has 1 fully saturated rings. The number of ether oxygens (including phenoxy) is 2. The van der Waals surface area contributed by atoms with Gasteiger partial charge in [-0.1, -0.05) is 42.5 Å². The number of ketones is 1. The van der Waals surface area contributed by atoms with E-state index in [1.54, 1.807) is 13.2 Å². The molecule has 1 unspecified atom stereocenters. The molecule has 2 heterocycles. The van der Waals surface area contributed by atoms with Gasteiger partial charge in [0.05, 0.1) is 25.3 Å². The second-order valence-corrected chi connectivity index (χ2v) is 8.46. The van der Waals surface area contributed by atoms with Crippen molar-refractivity contribution in [2.75, 3.05) is 13.7 Å². The van der Waals surface area contributed by atoms with E-state index in [2.05, 4.69) is 0 Å². The fourth-order valence-electron chi connectivity index (χ4n) is 4.66. The minimum absolute atomic E-state index is 0.0933. The van der Waals surface area contributed by atoms with Crippen LogP contribution in [0.3, 0.4) is 0 Å². The van der Waals surface area contributed by atoms with Crippen LogP contribution in [0.4, 0.5) is 0 Å². The van der Waals surface area contributed by atoms with Gasteiger partial charge in [0.2, 0.25) is 0 Å². The Morgan fingerprint density at radius 3 is 2.68 bits per heavy atom. The number of rotatable bonds is 5. The number of carbonyl (C=O) groups is 2. The molecule has 172 valence electrons. The molecular formula is C28H25NO5. The van der Waals surface area contributed by atoms with Gasteiger partial charge in [-0.2, -0.15) is 0 Å². The Morgan fingerprint density at radius 1 is 1.06 bits per heavy atom. The molecule has 1 amide bonds. The Labute approximate surface area is 198 Å². The number of fused-ring (bicyclic) bond motifs is 1. The quantitative estimate of drug-likeness (QED) is 0.345.